The van der Waals surface area contributed by atoms with Crippen molar-refractivity contribution < 1.29 is 9.90 Å². The molecule has 0 bridgehead atoms. The topological polar surface area (TPSA) is 79.8 Å². The molecule has 1 unspecified atom stereocenters. The molecule has 1 aliphatic rings. The van der Waals surface area contributed by atoms with E-state index in [1.807, 2.05) is 35.2 Å². The Morgan fingerprint density at radius 2 is 2.04 bits per heavy atom. The standard InChI is InChI=1S/C21H24N4O3/c1-15-6-5-9-23(12-15)18(27)13-24-10-11-25-20(21(24)28)17(14-26)19(22-25)16-7-3-2-4-8-16/h2-4,7-8,10-11,15,26H,5-6,9,12-14H2,1H3. The molecule has 1 aromatic carbocycles. The molecular weight excluding hydrogens is 356 g/mol. The molecule has 1 aliphatic heterocycles. The number of fused-ring (bicyclic) bond motifs is 1. The number of aliphatic hydroxyl groups excluding tert-OH is 1. The number of nitrogens with zero attached hydrogens (tertiary/aromatic N) is 4. The van der Waals surface area contributed by atoms with Gasteiger partial charge in [0.2, 0.25) is 5.91 Å². The first-order valence-electron chi connectivity index (χ1n) is 9.63. The summed E-state index contributed by atoms with van der Waals surface area (Å²) in [4.78, 5) is 27.6. The highest BCUT2D eigenvalue weighted by Crippen LogP contribution is 2.24. The van der Waals surface area contributed by atoms with Crippen LogP contribution in [-0.2, 0) is 17.9 Å². The van der Waals surface area contributed by atoms with Crippen molar-refractivity contribution in [1.82, 2.24) is 19.1 Å². The molecule has 28 heavy (non-hydrogen) atoms. The van der Waals surface area contributed by atoms with Crippen LogP contribution in [0.25, 0.3) is 16.8 Å². The fourth-order valence-corrected chi connectivity index (χ4v) is 3.91. The number of carbonyl (C=O) groups is 1. The summed E-state index contributed by atoms with van der Waals surface area (Å²) in [5.41, 5.74) is 1.88. The van der Waals surface area contributed by atoms with Crippen LogP contribution in [-0.4, -0.2) is 43.2 Å². The number of amides is 1. The van der Waals surface area contributed by atoms with E-state index in [-0.39, 0.29) is 24.6 Å². The molecule has 1 N–H and O–H groups in total. The normalized spacial score (nSPS) is 17.2. The van der Waals surface area contributed by atoms with Crippen LogP contribution in [0, 0.1) is 5.92 Å². The monoisotopic (exact) mass is 380 g/mol. The second-order valence-corrected chi connectivity index (χ2v) is 7.46. The van der Waals surface area contributed by atoms with Crippen LogP contribution < -0.4 is 5.56 Å². The fraction of sp³-hybridized carbons (Fsp3) is 0.381. The van der Waals surface area contributed by atoms with Gasteiger partial charge in [0.15, 0.2) is 0 Å². The number of hydrogen-bond acceptors (Lipinski definition) is 4. The summed E-state index contributed by atoms with van der Waals surface area (Å²) in [5, 5.41) is 14.4. The highest BCUT2D eigenvalue weighted by atomic mass is 16.3. The molecule has 1 amide bonds. The average Bonchev–Trinajstić information content (AvgIpc) is 3.10. The lowest BCUT2D eigenvalue weighted by Gasteiger charge is -2.31. The quantitative estimate of drug-likeness (QED) is 0.750. The van der Waals surface area contributed by atoms with E-state index in [1.54, 1.807) is 12.4 Å². The second kappa shape index (κ2) is 7.59. The average molecular weight is 380 g/mol. The Morgan fingerprint density at radius 3 is 2.75 bits per heavy atom. The Kier molecular flexibility index (Phi) is 5.00. The molecule has 1 atom stereocenters. The molecule has 0 saturated carbocycles. The Morgan fingerprint density at radius 1 is 1.25 bits per heavy atom. The van der Waals surface area contributed by atoms with Gasteiger partial charge in [-0.1, -0.05) is 37.3 Å². The number of benzene rings is 1. The third-order valence-electron chi connectivity index (χ3n) is 5.38. The highest BCUT2D eigenvalue weighted by molar-refractivity contribution is 5.76. The lowest BCUT2D eigenvalue weighted by atomic mass is 10.0. The van der Waals surface area contributed by atoms with Crippen LogP contribution in [0.3, 0.4) is 0 Å². The van der Waals surface area contributed by atoms with E-state index >= 15 is 0 Å². The van der Waals surface area contributed by atoms with Gasteiger partial charge in [0.05, 0.1) is 12.3 Å². The second-order valence-electron chi connectivity index (χ2n) is 7.46. The van der Waals surface area contributed by atoms with E-state index in [9.17, 15) is 14.7 Å². The Hall–Kier alpha value is -2.93. The van der Waals surface area contributed by atoms with Gasteiger partial charge in [-0.15, -0.1) is 0 Å². The summed E-state index contributed by atoms with van der Waals surface area (Å²) < 4.78 is 2.90. The van der Waals surface area contributed by atoms with Crippen LogP contribution in [0.1, 0.15) is 25.3 Å². The summed E-state index contributed by atoms with van der Waals surface area (Å²) in [6, 6.07) is 9.45. The zero-order chi connectivity index (χ0) is 19.7. The first-order valence-corrected chi connectivity index (χ1v) is 9.63. The van der Waals surface area contributed by atoms with Gasteiger partial charge in [-0.05, 0) is 18.8 Å². The maximum Gasteiger partial charge on any atom is 0.277 e. The van der Waals surface area contributed by atoms with Gasteiger partial charge in [0.25, 0.3) is 5.56 Å². The molecule has 7 heteroatoms. The smallest absolute Gasteiger partial charge is 0.277 e. The van der Waals surface area contributed by atoms with Crippen molar-refractivity contribution in [3.05, 3.63) is 58.6 Å². The first kappa shape index (κ1) is 18.4. The van der Waals surface area contributed by atoms with Crippen LogP contribution in [0.15, 0.2) is 47.5 Å². The zero-order valence-corrected chi connectivity index (χ0v) is 15.9. The van der Waals surface area contributed by atoms with Gasteiger partial charge in [-0.25, -0.2) is 4.52 Å². The Bertz CT molecular complexity index is 1050. The van der Waals surface area contributed by atoms with Gasteiger partial charge < -0.3 is 14.6 Å². The minimum atomic E-state index is -0.320. The SMILES string of the molecule is CC1CCCN(C(=O)Cn2ccn3nc(-c4ccccc4)c(CO)c3c2=O)C1. The third kappa shape index (κ3) is 3.33. The largest absolute Gasteiger partial charge is 0.392 e. The van der Waals surface area contributed by atoms with Crippen molar-refractivity contribution in [2.45, 2.75) is 32.9 Å². The van der Waals surface area contributed by atoms with Crippen LogP contribution in [0.2, 0.25) is 0 Å². The van der Waals surface area contributed by atoms with Gasteiger partial charge in [0.1, 0.15) is 12.1 Å². The number of hydrogen-bond donors (Lipinski definition) is 1. The number of likely N-dealkylation sites (tertiary alicyclic amines) is 1. The van der Waals surface area contributed by atoms with Crippen LogP contribution >= 0.6 is 0 Å². The van der Waals surface area contributed by atoms with Crippen molar-refractivity contribution in [2.75, 3.05) is 13.1 Å². The summed E-state index contributed by atoms with van der Waals surface area (Å²) in [7, 11) is 0. The maximum absolute atomic E-state index is 13.1. The van der Waals surface area contributed by atoms with E-state index in [4.69, 9.17) is 0 Å². The first-order chi connectivity index (χ1) is 13.6. The number of carbonyl (C=O) groups excluding carboxylic acids is 1. The molecule has 2 aromatic heterocycles. The molecule has 1 fully saturated rings. The molecule has 1 saturated heterocycles. The van der Waals surface area contributed by atoms with E-state index in [2.05, 4.69) is 12.0 Å². The van der Waals surface area contributed by atoms with Crippen molar-refractivity contribution in [3.8, 4) is 11.3 Å². The van der Waals surface area contributed by atoms with Crippen molar-refractivity contribution in [3.63, 3.8) is 0 Å². The molecule has 146 valence electrons. The molecule has 7 nitrogen and oxygen atoms in total. The molecule has 3 aromatic rings. The molecule has 0 aliphatic carbocycles. The summed E-state index contributed by atoms with van der Waals surface area (Å²) in [5.74, 6) is 0.438. The van der Waals surface area contributed by atoms with Crippen LogP contribution in [0.4, 0.5) is 0 Å². The summed E-state index contributed by atoms with van der Waals surface area (Å²) in [6.45, 7) is 3.32. The fourth-order valence-electron chi connectivity index (χ4n) is 3.91. The molecule has 4 rings (SSSR count). The maximum atomic E-state index is 13.1. The van der Waals surface area contributed by atoms with E-state index in [1.165, 1.54) is 9.08 Å². The van der Waals surface area contributed by atoms with Crippen molar-refractivity contribution in [1.29, 1.82) is 0 Å². The number of rotatable bonds is 4. The summed E-state index contributed by atoms with van der Waals surface area (Å²) in [6.07, 6.45) is 5.38. The van der Waals surface area contributed by atoms with E-state index < -0.39 is 0 Å². The van der Waals surface area contributed by atoms with Gasteiger partial charge >= 0.3 is 0 Å². The highest BCUT2D eigenvalue weighted by Gasteiger charge is 2.23. The van der Waals surface area contributed by atoms with Gasteiger partial charge in [-0.3, -0.25) is 9.59 Å². The predicted octanol–water partition coefficient (Wildman–Crippen LogP) is 1.91. The lowest BCUT2D eigenvalue weighted by molar-refractivity contribution is -0.133. The number of aromatic nitrogens is 3. The molecular formula is C21H24N4O3. The van der Waals surface area contributed by atoms with Gasteiger partial charge in [-0.2, -0.15) is 5.10 Å². The number of aliphatic hydroxyl groups is 1. The van der Waals surface area contributed by atoms with Crippen molar-refractivity contribution >= 4 is 11.4 Å². The van der Waals surface area contributed by atoms with E-state index in [0.717, 1.165) is 31.5 Å². The van der Waals surface area contributed by atoms with Crippen molar-refractivity contribution in [2.24, 2.45) is 5.92 Å². The molecule has 0 radical (unpaired) electrons. The lowest BCUT2D eigenvalue weighted by Crippen LogP contribution is -2.42. The van der Waals surface area contributed by atoms with Crippen LogP contribution in [0.5, 0.6) is 0 Å². The Labute approximate surface area is 162 Å². The Balaban J connectivity index is 1.70. The molecule has 0 spiro atoms. The molecule has 3 heterocycles. The zero-order valence-electron chi connectivity index (χ0n) is 15.9. The predicted molar refractivity (Wildman–Crippen MR) is 106 cm³/mol. The third-order valence-corrected chi connectivity index (χ3v) is 5.38. The number of piperidine rings is 1. The van der Waals surface area contributed by atoms with Gasteiger partial charge in [0, 0.05) is 36.6 Å². The van der Waals surface area contributed by atoms with E-state index in [0.29, 0.717) is 22.7 Å². The minimum Gasteiger partial charge on any atom is -0.392 e. The summed E-state index contributed by atoms with van der Waals surface area (Å²) >= 11 is 0. The minimum absolute atomic E-state index is 0.00122.